The van der Waals surface area contributed by atoms with Crippen LogP contribution in [0.2, 0.25) is 0 Å². The van der Waals surface area contributed by atoms with Gasteiger partial charge in [0, 0.05) is 32.7 Å². The van der Waals surface area contributed by atoms with Crippen molar-refractivity contribution in [1.82, 2.24) is 20.9 Å². The zero-order valence-corrected chi connectivity index (χ0v) is 12.6. The Morgan fingerprint density at radius 3 is 2.24 bits per heavy atom. The molecule has 6 unspecified atom stereocenters. The highest BCUT2D eigenvalue weighted by Gasteiger charge is 2.37. The first-order chi connectivity index (χ1) is 10.3. The Morgan fingerprint density at radius 2 is 1.57 bits per heavy atom. The van der Waals surface area contributed by atoms with Crippen molar-refractivity contribution in [1.29, 1.82) is 0 Å². The normalized spacial score (nSPS) is 45.9. The van der Waals surface area contributed by atoms with Gasteiger partial charge in [-0.05, 0) is 37.5 Å². The minimum atomic E-state index is 0.0274. The lowest BCUT2D eigenvalue weighted by molar-refractivity contribution is -0.164. The quantitative estimate of drug-likeness (QED) is 0.698. The van der Waals surface area contributed by atoms with Crippen molar-refractivity contribution in [3.8, 4) is 0 Å². The molecule has 6 nitrogen and oxygen atoms in total. The maximum absolute atomic E-state index is 12.5. The van der Waals surface area contributed by atoms with Crippen LogP contribution in [-0.4, -0.2) is 61.4 Å². The van der Waals surface area contributed by atoms with E-state index in [1.165, 1.54) is 12.8 Å². The second-order valence-corrected chi connectivity index (χ2v) is 7.16. The second-order valence-electron chi connectivity index (χ2n) is 7.16. The Hall–Kier alpha value is -0.690. The Kier molecular flexibility index (Phi) is 3.87. The molecule has 2 N–H and O–H groups in total. The highest BCUT2D eigenvalue weighted by molar-refractivity contribution is 5.73. The van der Waals surface area contributed by atoms with Gasteiger partial charge in [0.15, 0.2) is 0 Å². The average molecular weight is 294 g/mol. The van der Waals surface area contributed by atoms with Crippen LogP contribution in [0.3, 0.4) is 0 Å². The summed E-state index contributed by atoms with van der Waals surface area (Å²) in [6.45, 7) is 5.98. The molecule has 6 atom stereocenters. The van der Waals surface area contributed by atoms with Crippen LogP contribution in [0, 0.1) is 17.8 Å². The lowest BCUT2D eigenvalue weighted by Gasteiger charge is -2.43. The standard InChI is InChI=1S/C15H26N4O2/c20-15(13-5-11-1-3-16-18(7-11)9-13)21-14-6-12-2-4-17-19(8-12)10-14/h11-14,16-17H,1-10H2. The first-order valence-electron chi connectivity index (χ1n) is 8.43. The number of esters is 1. The van der Waals surface area contributed by atoms with Gasteiger partial charge in [0.2, 0.25) is 0 Å². The summed E-state index contributed by atoms with van der Waals surface area (Å²) >= 11 is 0. The molecule has 0 aromatic rings. The summed E-state index contributed by atoms with van der Waals surface area (Å²) in [6.07, 6.45) is 4.52. The summed E-state index contributed by atoms with van der Waals surface area (Å²) in [5, 5.41) is 4.44. The molecule has 4 aliphatic rings. The van der Waals surface area contributed by atoms with E-state index in [0.717, 1.165) is 52.1 Å². The van der Waals surface area contributed by atoms with E-state index in [4.69, 9.17) is 4.74 Å². The number of carbonyl (C=O) groups is 1. The van der Waals surface area contributed by atoms with Crippen LogP contribution in [0.5, 0.6) is 0 Å². The van der Waals surface area contributed by atoms with E-state index in [2.05, 4.69) is 20.9 Å². The van der Waals surface area contributed by atoms with E-state index < -0.39 is 0 Å². The van der Waals surface area contributed by atoms with E-state index >= 15 is 0 Å². The number of carbonyl (C=O) groups excluding carboxylic acids is 1. The first kappa shape index (κ1) is 13.9. The number of ether oxygens (including phenoxy) is 1. The number of piperidine rings is 2. The van der Waals surface area contributed by atoms with Crippen LogP contribution < -0.4 is 10.9 Å². The van der Waals surface area contributed by atoms with Gasteiger partial charge >= 0.3 is 5.97 Å². The Bertz CT molecular complexity index is 381. The number of nitrogens with zero attached hydrogens (tertiary/aromatic N) is 2. The molecule has 6 heteroatoms. The van der Waals surface area contributed by atoms with Gasteiger partial charge in [0.25, 0.3) is 0 Å². The fourth-order valence-electron chi connectivity index (χ4n) is 4.40. The van der Waals surface area contributed by atoms with Crippen LogP contribution >= 0.6 is 0 Å². The van der Waals surface area contributed by atoms with Crippen molar-refractivity contribution < 1.29 is 9.53 Å². The molecule has 0 amide bonds. The molecular formula is C15H26N4O2. The van der Waals surface area contributed by atoms with Crippen molar-refractivity contribution in [2.75, 3.05) is 39.3 Å². The van der Waals surface area contributed by atoms with Crippen molar-refractivity contribution in [2.45, 2.75) is 31.8 Å². The topological polar surface area (TPSA) is 56.8 Å². The first-order valence-corrected chi connectivity index (χ1v) is 8.43. The molecule has 118 valence electrons. The second kappa shape index (κ2) is 5.83. The zero-order valence-electron chi connectivity index (χ0n) is 12.6. The van der Waals surface area contributed by atoms with Gasteiger partial charge < -0.3 is 4.74 Å². The molecular weight excluding hydrogens is 268 g/mol. The molecule has 4 heterocycles. The molecule has 0 aromatic heterocycles. The fraction of sp³-hybridized carbons (Fsp3) is 0.933. The maximum atomic E-state index is 12.5. The summed E-state index contributed by atoms with van der Waals surface area (Å²) in [5.41, 5.74) is 6.77. The minimum absolute atomic E-state index is 0.0274. The Morgan fingerprint density at radius 1 is 0.905 bits per heavy atom. The number of hydrogen-bond acceptors (Lipinski definition) is 6. The highest BCUT2D eigenvalue weighted by atomic mass is 16.5. The van der Waals surface area contributed by atoms with Crippen LogP contribution in [0.25, 0.3) is 0 Å². The highest BCUT2D eigenvalue weighted by Crippen LogP contribution is 2.29. The number of rotatable bonds is 2. The summed E-state index contributed by atoms with van der Waals surface area (Å²) in [5.74, 6) is 1.43. The predicted molar refractivity (Wildman–Crippen MR) is 78.0 cm³/mol. The summed E-state index contributed by atoms with van der Waals surface area (Å²) < 4.78 is 5.86. The van der Waals surface area contributed by atoms with Gasteiger partial charge in [0.05, 0.1) is 12.5 Å². The molecule has 4 bridgehead atoms. The van der Waals surface area contributed by atoms with Crippen LogP contribution in [-0.2, 0) is 9.53 Å². The number of fused-ring (bicyclic) bond motifs is 4. The van der Waals surface area contributed by atoms with Crippen molar-refractivity contribution in [3.63, 3.8) is 0 Å². The van der Waals surface area contributed by atoms with Gasteiger partial charge in [-0.2, -0.15) is 0 Å². The molecule has 4 rings (SSSR count). The fourth-order valence-corrected chi connectivity index (χ4v) is 4.40. The third-order valence-electron chi connectivity index (χ3n) is 5.43. The van der Waals surface area contributed by atoms with Gasteiger partial charge in [0.1, 0.15) is 6.10 Å². The maximum Gasteiger partial charge on any atom is 0.310 e. The summed E-state index contributed by atoms with van der Waals surface area (Å²) in [6, 6.07) is 0. The van der Waals surface area contributed by atoms with E-state index in [1.807, 2.05) is 0 Å². The van der Waals surface area contributed by atoms with E-state index in [-0.39, 0.29) is 18.0 Å². The van der Waals surface area contributed by atoms with Gasteiger partial charge in [-0.3, -0.25) is 15.6 Å². The van der Waals surface area contributed by atoms with Crippen molar-refractivity contribution >= 4 is 5.97 Å². The minimum Gasteiger partial charge on any atom is -0.461 e. The van der Waals surface area contributed by atoms with Crippen molar-refractivity contribution in [2.24, 2.45) is 17.8 Å². The summed E-state index contributed by atoms with van der Waals surface area (Å²) in [4.78, 5) is 12.5. The van der Waals surface area contributed by atoms with Crippen molar-refractivity contribution in [3.05, 3.63) is 0 Å². The van der Waals surface area contributed by atoms with Crippen LogP contribution in [0.15, 0.2) is 0 Å². The third kappa shape index (κ3) is 3.08. The SMILES string of the molecule is O=C(OC1CC2CCNN(C2)C1)C1CC2CCNN(C2)C1. The number of nitrogens with one attached hydrogen (secondary N) is 2. The molecule has 0 aromatic carbocycles. The third-order valence-corrected chi connectivity index (χ3v) is 5.43. The molecule has 21 heavy (non-hydrogen) atoms. The zero-order chi connectivity index (χ0) is 14.2. The molecule has 4 fully saturated rings. The molecule has 4 saturated heterocycles. The molecule has 0 spiro atoms. The molecule has 0 aliphatic carbocycles. The lowest BCUT2D eigenvalue weighted by atomic mass is 9.86. The van der Waals surface area contributed by atoms with Crippen LogP contribution in [0.1, 0.15) is 25.7 Å². The number of hydrazine groups is 2. The smallest absolute Gasteiger partial charge is 0.310 e. The summed E-state index contributed by atoms with van der Waals surface area (Å²) in [7, 11) is 0. The Balaban J connectivity index is 1.33. The van der Waals surface area contributed by atoms with E-state index in [1.54, 1.807) is 0 Å². The van der Waals surface area contributed by atoms with Gasteiger partial charge in [-0.15, -0.1) is 0 Å². The number of hydrogen-bond donors (Lipinski definition) is 2. The lowest BCUT2D eigenvalue weighted by Crippen LogP contribution is -2.57. The van der Waals surface area contributed by atoms with E-state index in [0.29, 0.717) is 11.8 Å². The monoisotopic (exact) mass is 294 g/mol. The largest absolute Gasteiger partial charge is 0.461 e. The average Bonchev–Trinajstić information content (AvgIpc) is 2.46. The predicted octanol–water partition coefficient (Wildman–Crippen LogP) is -0.0252. The molecule has 0 radical (unpaired) electrons. The Labute approximate surface area is 126 Å². The van der Waals surface area contributed by atoms with Gasteiger partial charge in [-0.1, -0.05) is 0 Å². The van der Waals surface area contributed by atoms with Crippen LogP contribution in [0.4, 0.5) is 0 Å². The molecule has 4 aliphatic heterocycles. The van der Waals surface area contributed by atoms with Gasteiger partial charge in [-0.25, -0.2) is 10.0 Å². The molecule has 0 saturated carbocycles. The van der Waals surface area contributed by atoms with E-state index in [9.17, 15) is 4.79 Å².